The predicted molar refractivity (Wildman–Crippen MR) is 82.3 cm³/mol. The minimum absolute atomic E-state index is 0.0360. The highest BCUT2D eigenvalue weighted by molar-refractivity contribution is 5.81. The van der Waals surface area contributed by atoms with Crippen LogP contribution in [0.5, 0.6) is 0 Å². The molecule has 2 atom stereocenters. The molecule has 1 saturated heterocycles. The Bertz CT molecular complexity index is 369. The molecule has 0 amide bonds. The van der Waals surface area contributed by atoms with Crippen molar-refractivity contribution >= 4 is 5.97 Å². The highest BCUT2D eigenvalue weighted by Gasteiger charge is 2.47. The van der Waals surface area contributed by atoms with Gasteiger partial charge in [0.1, 0.15) is 5.54 Å². The largest absolute Gasteiger partial charge is 0.468 e. The Morgan fingerprint density at radius 2 is 2.24 bits per heavy atom. The number of likely N-dealkylation sites (N-methyl/N-ethyl adjacent to an activating group) is 1. The number of esters is 1. The summed E-state index contributed by atoms with van der Waals surface area (Å²) >= 11 is 0. The molecule has 0 aromatic heterocycles. The number of morpholine rings is 1. The molecule has 5 nitrogen and oxygen atoms in total. The molecule has 1 saturated carbocycles. The fraction of sp³-hybridized carbons (Fsp3) is 0.938. The Morgan fingerprint density at radius 1 is 1.48 bits per heavy atom. The Labute approximate surface area is 128 Å². The van der Waals surface area contributed by atoms with Gasteiger partial charge >= 0.3 is 5.97 Å². The van der Waals surface area contributed by atoms with Gasteiger partial charge in [0.05, 0.1) is 20.3 Å². The van der Waals surface area contributed by atoms with E-state index in [1.165, 1.54) is 7.11 Å². The lowest BCUT2D eigenvalue weighted by atomic mass is 9.77. The first kappa shape index (κ1) is 16.7. The summed E-state index contributed by atoms with van der Waals surface area (Å²) in [5.74, 6) is -0.111. The molecule has 122 valence electrons. The summed E-state index contributed by atoms with van der Waals surface area (Å²) in [7, 11) is 1.49. The average Bonchev–Trinajstić information content (AvgIpc) is 2.46. The zero-order valence-electron chi connectivity index (χ0n) is 13.9. The number of carbonyl (C=O) groups excluding carboxylic acids is 1. The van der Waals surface area contributed by atoms with Crippen molar-refractivity contribution in [3.63, 3.8) is 0 Å². The van der Waals surface area contributed by atoms with Crippen LogP contribution in [0.2, 0.25) is 0 Å². The normalized spacial score (nSPS) is 33.6. The average molecular weight is 298 g/mol. The summed E-state index contributed by atoms with van der Waals surface area (Å²) in [4.78, 5) is 14.9. The van der Waals surface area contributed by atoms with E-state index in [1.54, 1.807) is 0 Å². The molecule has 0 bridgehead atoms. The number of rotatable bonds is 4. The lowest BCUT2D eigenvalue weighted by Crippen LogP contribution is -2.63. The van der Waals surface area contributed by atoms with Crippen LogP contribution in [0.25, 0.3) is 0 Å². The summed E-state index contributed by atoms with van der Waals surface area (Å²) < 4.78 is 10.7. The third kappa shape index (κ3) is 3.41. The molecule has 1 aliphatic heterocycles. The molecule has 1 N–H and O–H groups in total. The fourth-order valence-corrected chi connectivity index (χ4v) is 4.01. The number of ether oxygens (including phenoxy) is 2. The van der Waals surface area contributed by atoms with Gasteiger partial charge in [-0.05, 0) is 46.1 Å². The number of hydrogen-bond donors (Lipinski definition) is 1. The van der Waals surface area contributed by atoms with Crippen LogP contribution in [0.1, 0.15) is 46.5 Å². The standard InChI is InChI=1S/C16H30N2O3/c1-5-17-16(14(19)20-4)8-6-7-13(11-16)18-9-10-21-12-15(18,2)3/h13,17H,5-12H2,1-4H3. The van der Waals surface area contributed by atoms with Crippen molar-refractivity contribution in [2.75, 3.05) is 33.4 Å². The third-order valence-corrected chi connectivity index (χ3v) is 4.97. The summed E-state index contributed by atoms with van der Waals surface area (Å²) in [6, 6.07) is 0.413. The lowest BCUT2D eigenvalue weighted by molar-refractivity contribution is -0.153. The van der Waals surface area contributed by atoms with Crippen molar-refractivity contribution in [3.8, 4) is 0 Å². The number of carbonyl (C=O) groups is 1. The molecule has 21 heavy (non-hydrogen) atoms. The second kappa shape index (κ2) is 6.63. The molecule has 1 heterocycles. The maximum atomic E-state index is 12.3. The van der Waals surface area contributed by atoms with Crippen LogP contribution >= 0.6 is 0 Å². The molecule has 2 unspecified atom stereocenters. The van der Waals surface area contributed by atoms with Crippen LogP contribution in [-0.2, 0) is 14.3 Å². The Balaban J connectivity index is 2.16. The van der Waals surface area contributed by atoms with E-state index >= 15 is 0 Å². The van der Waals surface area contributed by atoms with E-state index in [9.17, 15) is 4.79 Å². The maximum absolute atomic E-state index is 12.3. The zero-order valence-corrected chi connectivity index (χ0v) is 13.9. The van der Waals surface area contributed by atoms with Crippen LogP contribution in [0, 0.1) is 0 Å². The van der Waals surface area contributed by atoms with E-state index in [1.807, 2.05) is 6.92 Å². The zero-order chi connectivity index (χ0) is 15.5. The first-order chi connectivity index (χ1) is 9.95. The Hall–Kier alpha value is -0.650. The molecule has 0 aromatic rings. The van der Waals surface area contributed by atoms with E-state index in [0.717, 1.165) is 52.0 Å². The van der Waals surface area contributed by atoms with Gasteiger partial charge in [0.15, 0.2) is 0 Å². The van der Waals surface area contributed by atoms with Gasteiger partial charge in [-0.3, -0.25) is 9.69 Å². The smallest absolute Gasteiger partial charge is 0.326 e. The minimum atomic E-state index is -0.513. The maximum Gasteiger partial charge on any atom is 0.326 e. The van der Waals surface area contributed by atoms with E-state index in [-0.39, 0.29) is 11.5 Å². The van der Waals surface area contributed by atoms with Gasteiger partial charge in [-0.1, -0.05) is 6.92 Å². The number of hydrogen-bond acceptors (Lipinski definition) is 5. The van der Waals surface area contributed by atoms with E-state index in [4.69, 9.17) is 9.47 Å². The molecule has 5 heteroatoms. The van der Waals surface area contributed by atoms with Crippen LogP contribution < -0.4 is 5.32 Å². The van der Waals surface area contributed by atoms with Crippen molar-refractivity contribution in [2.45, 2.75) is 63.6 Å². The van der Waals surface area contributed by atoms with Crippen LogP contribution in [0.15, 0.2) is 0 Å². The van der Waals surface area contributed by atoms with E-state index < -0.39 is 5.54 Å². The third-order valence-electron chi connectivity index (χ3n) is 4.97. The lowest BCUT2D eigenvalue weighted by Gasteiger charge is -2.50. The van der Waals surface area contributed by atoms with Gasteiger partial charge in [0, 0.05) is 18.1 Å². The van der Waals surface area contributed by atoms with Crippen LogP contribution in [0.3, 0.4) is 0 Å². The van der Waals surface area contributed by atoms with Crippen LogP contribution in [0.4, 0.5) is 0 Å². The highest BCUT2D eigenvalue weighted by atomic mass is 16.5. The first-order valence-corrected chi connectivity index (χ1v) is 8.13. The van der Waals surface area contributed by atoms with E-state index in [2.05, 4.69) is 24.1 Å². The van der Waals surface area contributed by atoms with Crippen molar-refractivity contribution in [2.24, 2.45) is 0 Å². The van der Waals surface area contributed by atoms with Crippen LogP contribution in [-0.4, -0.2) is 61.4 Å². The summed E-state index contributed by atoms with van der Waals surface area (Å²) in [6.45, 7) is 9.78. The molecule has 2 aliphatic rings. The molecule has 1 aliphatic carbocycles. The molecule has 0 radical (unpaired) electrons. The molecular weight excluding hydrogens is 268 g/mol. The summed E-state index contributed by atoms with van der Waals surface area (Å²) in [5.41, 5.74) is -0.477. The predicted octanol–water partition coefficient (Wildman–Crippen LogP) is 1.56. The highest BCUT2D eigenvalue weighted by Crippen LogP contribution is 2.36. The number of nitrogens with zero attached hydrogens (tertiary/aromatic N) is 1. The fourth-order valence-electron chi connectivity index (χ4n) is 4.01. The molecule has 2 rings (SSSR count). The second-order valence-electron chi connectivity index (χ2n) is 6.91. The van der Waals surface area contributed by atoms with Gasteiger partial charge in [-0.2, -0.15) is 0 Å². The van der Waals surface area contributed by atoms with Gasteiger partial charge < -0.3 is 14.8 Å². The van der Waals surface area contributed by atoms with Crippen molar-refractivity contribution < 1.29 is 14.3 Å². The second-order valence-corrected chi connectivity index (χ2v) is 6.91. The quantitative estimate of drug-likeness (QED) is 0.798. The minimum Gasteiger partial charge on any atom is -0.468 e. The number of nitrogens with one attached hydrogen (secondary N) is 1. The van der Waals surface area contributed by atoms with Crippen molar-refractivity contribution in [1.29, 1.82) is 0 Å². The molecule has 0 aromatic carbocycles. The van der Waals surface area contributed by atoms with Gasteiger partial charge in [0.25, 0.3) is 0 Å². The van der Waals surface area contributed by atoms with E-state index in [0.29, 0.717) is 6.04 Å². The van der Waals surface area contributed by atoms with Gasteiger partial charge in [-0.15, -0.1) is 0 Å². The monoisotopic (exact) mass is 298 g/mol. The van der Waals surface area contributed by atoms with Crippen molar-refractivity contribution in [3.05, 3.63) is 0 Å². The SMILES string of the molecule is CCNC1(C(=O)OC)CCCC(N2CCOCC2(C)C)C1. The molecular formula is C16H30N2O3. The Kier molecular flexibility index (Phi) is 5.28. The van der Waals surface area contributed by atoms with Gasteiger partial charge in [0.2, 0.25) is 0 Å². The molecule has 2 fully saturated rings. The number of methoxy groups -OCH3 is 1. The molecule has 0 spiro atoms. The first-order valence-electron chi connectivity index (χ1n) is 8.13. The topological polar surface area (TPSA) is 50.8 Å². The van der Waals surface area contributed by atoms with Gasteiger partial charge in [-0.25, -0.2) is 0 Å². The summed E-state index contributed by atoms with van der Waals surface area (Å²) in [6.07, 6.45) is 3.90. The van der Waals surface area contributed by atoms with Crippen molar-refractivity contribution in [1.82, 2.24) is 10.2 Å². The Morgan fingerprint density at radius 3 is 2.86 bits per heavy atom. The summed E-state index contributed by atoms with van der Waals surface area (Å²) in [5, 5.41) is 3.41.